The van der Waals surface area contributed by atoms with E-state index in [1.807, 2.05) is 30.3 Å². The molecule has 25 heavy (non-hydrogen) atoms. The van der Waals surface area contributed by atoms with Crippen LogP contribution in [-0.4, -0.2) is 18.7 Å². The maximum atomic E-state index is 11.7. The molecule has 1 amide bonds. The Balaban J connectivity index is 1.68. The number of hydrogen-bond donors (Lipinski definition) is 1. The molecular formula is C19H20BrClN2O2. The van der Waals surface area contributed by atoms with E-state index in [1.54, 1.807) is 18.3 Å². The molecule has 1 N–H and O–H groups in total. The zero-order valence-electron chi connectivity index (χ0n) is 14.0. The van der Waals surface area contributed by atoms with E-state index in [0.29, 0.717) is 24.5 Å². The van der Waals surface area contributed by atoms with Crippen molar-refractivity contribution in [2.75, 3.05) is 6.61 Å². The summed E-state index contributed by atoms with van der Waals surface area (Å²) in [6.07, 6.45) is 3.50. The maximum absolute atomic E-state index is 11.7. The molecule has 4 nitrogen and oxygen atoms in total. The molecule has 0 aliphatic rings. The molecule has 0 heterocycles. The molecule has 0 aliphatic carbocycles. The molecule has 0 spiro atoms. The summed E-state index contributed by atoms with van der Waals surface area (Å²) < 4.78 is 6.63. The summed E-state index contributed by atoms with van der Waals surface area (Å²) in [5.74, 6) is 0.638. The van der Waals surface area contributed by atoms with Gasteiger partial charge in [0, 0.05) is 11.4 Å². The molecule has 0 fully saturated rings. The molecule has 6 heteroatoms. The third-order valence-corrected chi connectivity index (χ3v) is 4.32. The first-order valence-corrected chi connectivity index (χ1v) is 9.24. The Morgan fingerprint density at radius 1 is 1.32 bits per heavy atom. The normalized spacial score (nSPS) is 10.8. The molecule has 132 valence electrons. The molecule has 0 unspecified atom stereocenters. The second kappa shape index (κ2) is 10.2. The highest BCUT2D eigenvalue weighted by Gasteiger charge is 2.04. The van der Waals surface area contributed by atoms with Gasteiger partial charge in [-0.3, -0.25) is 4.79 Å². The lowest BCUT2D eigenvalue weighted by molar-refractivity contribution is -0.121. The van der Waals surface area contributed by atoms with Crippen LogP contribution < -0.4 is 10.2 Å². The van der Waals surface area contributed by atoms with Gasteiger partial charge in [-0.2, -0.15) is 5.10 Å². The Bertz CT molecular complexity index is 750. The van der Waals surface area contributed by atoms with Crippen LogP contribution in [0.1, 0.15) is 30.9 Å². The Morgan fingerprint density at radius 3 is 2.88 bits per heavy atom. The average molecular weight is 424 g/mol. The fourth-order valence-corrected chi connectivity index (χ4v) is 2.86. The van der Waals surface area contributed by atoms with Crippen molar-refractivity contribution in [3.63, 3.8) is 0 Å². The monoisotopic (exact) mass is 422 g/mol. The molecule has 0 saturated heterocycles. The number of hydrazone groups is 1. The van der Waals surface area contributed by atoms with Gasteiger partial charge in [0.1, 0.15) is 5.75 Å². The largest absolute Gasteiger partial charge is 0.492 e. The number of aryl methyl sites for hydroxylation is 1. The predicted molar refractivity (Wildman–Crippen MR) is 105 cm³/mol. The molecule has 0 atom stereocenters. The van der Waals surface area contributed by atoms with Crippen LogP contribution >= 0.6 is 27.5 Å². The van der Waals surface area contributed by atoms with E-state index in [1.165, 1.54) is 5.56 Å². The van der Waals surface area contributed by atoms with E-state index < -0.39 is 0 Å². The van der Waals surface area contributed by atoms with E-state index in [4.69, 9.17) is 16.3 Å². The summed E-state index contributed by atoms with van der Waals surface area (Å²) >= 11 is 9.38. The summed E-state index contributed by atoms with van der Waals surface area (Å²) in [6, 6.07) is 13.3. The van der Waals surface area contributed by atoms with Gasteiger partial charge in [-0.15, -0.1) is 0 Å². The van der Waals surface area contributed by atoms with E-state index in [-0.39, 0.29) is 5.91 Å². The Morgan fingerprint density at radius 2 is 2.16 bits per heavy atom. The number of halogens is 2. The molecule has 0 aromatic heterocycles. The van der Waals surface area contributed by atoms with Gasteiger partial charge in [0.05, 0.1) is 17.3 Å². The van der Waals surface area contributed by atoms with Gasteiger partial charge in [0.2, 0.25) is 5.91 Å². The van der Waals surface area contributed by atoms with Gasteiger partial charge in [0.25, 0.3) is 0 Å². The van der Waals surface area contributed by atoms with Crippen LogP contribution in [0.3, 0.4) is 0 Å². The van der Waals surface area contributed by atoms with Crippen molar-refractivity contribution < 1.29 is 9.53 Å². The Hall–Kier alpha value is -1.85. The first kappa shape index (κ1) is 19.5. The zero-order valence-corrected chi connectivity index (χ0v) is 16.3. The molecule has 2 rings (SSSR count). The number of ether oxygens (including phenoxy) is 1. The van der Waals surface area contributed by atoms with Crippen LogP contribution in [0.25, 0.3) is 0 Å². The number of carbonyl (C=O) groups excluding carboxylic acids is 1. The summed E-state index contributed by atoms with van der Waals surface area (Å²) in [6.45, 7) is 2.57. The van der Waals surface area contributed by atoms with Crippen LogP contribution in [0.2, 0.25) is 5.02 Å². The van der Waals surface area contributed by atoms with Gasteiger partial charge >= 0.3 is 0 Å². The number of rotatable bonds is 8. The minimum atomic E-state index is -0.151. The SMILES string of the molecule is CCc1ccc(OCCCC(=O)N/N=C/c2cccc(Cl)c2)c(Br)c1. The van der Waals surface area contributed by atoms with Crippen molar-refractivity contribution in [3.8, 4) is 5.75 Å². The van der Waals surface area contributed by atoms with Crippen molar-refractivity contribution in [2.45, 2.75) is 26.2 Å². The van der Waals surface area contributed by atoms with E-state index in [9.17, 15) is 4.79 Å². The van der Waals surface area contributed by atoms with Crippen LogP contribution in [0.4, 0.5) is 0 Å². The summed E-state index contributed by atoms with van der Waals surface area (Å²) in [5, 5.41) is 4.55. The lowest BCUT2D eigenvalue weighted by Gasteiger charge is -2.09. The standard InChI is InChI=1S/C19H20BrClN2O2/c1-2-14-8-9-18(17(20)12-14)25-10-4-7-19(24)23-22-13-15-5-3-6-16(21)11-15/h3,5-6,8-9,11-13H,2,4,7,10H2,1H3,(H,23,24)/b22-13+. The third-order valence-electron chi connectivity index (χ3n) is 3.46. The number of amides is 1. The van der Waals surface area contributed by atoms with Crippen molar-refractivity contribution in [1.29, 1.82) is 0 Å². The zero-order chi connectivity index (χ0) is 18.1. The number of nitrogens with zero attached hydrogens (tertiary/aromatic N) is 1. The number of nitrogens with one attached hydrogen (secondary N) is 1. The van der Waals surface area contributed by atoms with E-state index in [0.717, 1.165) is 22.2 Å². The molecule has 2 aromatic carbocycles. The highest BCUT2D eigenvalue weighted by Crippen LogP contribution is 2.26. The lowest BCUT2D eigenvalue weighted by atomic mass is 10.2. The smallest absolute Gasteiger partial charge is 0.240 e. The van der Waals surface area contributed by atoms with Crippen molar-refractivity contribution in [1.82, 2.24) is 5.43 Å². The van der Waals surface area contributed by atoms with E-state index >= 15 is 0 Å². The van der Waals surface area contributed by atoms with Gasteiger partial charge in [-0.05, 0) is 64.2 Å². The van der Waals surface area contributed by atoms with Crippen LogP contribution in [0.15, 0.2) is 52.0 Å². The average Bonchev–Trinajstić information content (AvgIpc) is 2.60. The number of hydrogen-bond acceptors (Lipinski definition) is 3. The second-order valence-electron chi connectivity index (χ2n) is 5.42. The van der Waals surface area contributed by atoms with Gasteiger partial charge < -0.3 is 4.74 Å². The predicted octanol–water partition coefficient (Wildman–Crippen LogP) is 4.97. The van der Waals surface area contributed by atoms with Crippen LogP contribution in [0.5, 0.6) is 5.75 Å². The van der Waals surface area contributed by atoms with Gasteiger partial charge in [0.15, 0.2) is 0 Å². The van der Waals surface area contributed by atoms with Crippen LogP contribution in [0, 0.1) is 0 Å². The van der Waals surface area contributed by atoms with E-state index in [2.05, 4.69) is 33.4 Å². The highest BCUT2D eigenvalue weighted by molar-refractivity contribution is 9.10. The van der Waals surface area contributed by atoms with Crippen molar-refractivity contribution in [2.24, 2.45) is 5.10 Å². The second-order valence-corrected chi connectivity index (χ2v) is 6.71. The molecule has 0 saturated carbocycles. The number of carbonyl (C=O) groups is 1. The molecule has 0 radical (unpaired) electrons. The van der Waals surface area contributed by atoms with Crippen molar-refractivity contribution in [3.05, 3.63) is 63.1 Å². The summed E-state index contributed by atoms with van der Waals surface area (Å²) in [5.41, 5.74) is 4.57. The topological polar surface area (TPSA) is 50.7 Å². The Kier molecular flexibility index (Phi) is 7.95. The quantitative estimate of drug-likeness (QED) is 0.370. The fraction of sp³-hybridized carbons (Fsp3) is 0.263. The fourth-order valence-electron chi connectivity index (χ4n) is 2.12. The first-order chi connectivity index (χ1) is 12.1. The third kappa shape index (κ3) is 6.88. The van der Waals surface area contributed by atoms with Gasteiger partial charge in [-0.1, -0.05) is 36.7 Å². The minimum Gasteiger partial charge on any atom is -0.492 e. The summed E-state index contributed by atoms with van der Waals surface area (Å²) in [4.78, 5) is 11.7. The highest BCUT2D eigenvalue weighted by atomic mass is 79.9. The van der Waals surface area contributed by atoms with Crippen molar-refractivity contribution >= 4 is 39.7 Å². The maximum Gasteiger partial charge on any atom is 0.240 e. The molecule has 0 aliphatic heterocycles. The minimum absolute atomic E-state index is 0.151. The van der Waals surface area contributed by atoms with Gasteiger partial charge in [-0.25, -0.2) is 5.43 Å². The summed E-state index contributed by atoms with van der Waals surface area (Å²) in [7, 11) is 0. The molecular weight excluding hydrogens is 404 g/mol. The number of benzene rings is 2. The molecule has 0 bridgehead atoms. The lowest BCUT2D eigenvalue weighted by Crippen LogP contribution is -2.18. The molecule has 2 aromatic rings. The Labute approximate surface area is 161 Å². The van der Waals surface area contributed by atoms with Crippen LogP contribution in [-0.2, 0) is 11.2 Å². The first-order valence-electron chi connectivity index (χ1n) is 8.07.